The summed E-state index contributed by atoms with van der Waals surface area (Å²) >= 11 is 0. The minimum atomic E-state index is -0.285. The summed E-state index contributed by atoms with van der Waals surface area (Å²) in [6, 6.07) is 0. The second-order valence-corrected chi connectivity index (χ2v) is 5.74. The Bertz CT molecular complexity index is 174. The molecule has 0 aliphatic heterocycles. The lowest BCUT2D eigenvalue weighted by Gasteiger charge is -2.39. The zero-order chi connectivity index (χ0) is 14.2. The molecule has 0 rings (SSSR count). The SMILES string of the molecule is CC[N+](CCC(C)O)(CCC(C)O)CCC(C)O. The number of hydrogen-bond acceptors (Lipinski definition) is 3. The Kier molecular flexibility index (Phi) is 8.78. The molecule has 0 radical (unpaired) electrons. The van der Waals surface area contributed by atoms with E-state index in [2.05, 4.69) is 6.92 Å². The Morgan fingerprint density at radius 3 is 1.17 bits per heavy atom. The summed E-state index contributed by atoms with van der Waals surface area (Å²) in [5, 5.41) is 28.4. The topological polar surface area (TPSA) is 60.7 Å². The van der Waals surface area contributed by atoms with Crippen molar-refractivity contribution in [1.29, 1.82) is 0 Å². The van der Waals surface area contributed by atoms with Crippen molar-refractivity contribution in [1.82, 2.24) is 0 Å². The van der Waals surface area contributed by atoms with Gasteiger partial charge in [0, 0.05) is 19.3 Å². The fourth-order valence-corrected chi connectivity index (χ4v) is 2.19. The predicted octanol–water partition coefficient (Wildman–Crippen LogP) is 1.14. The lowest BCUT2D eigenvalue weighted by Crippen LogP contribution is -2.51. The van der Waals surface area contributed by atoms with Crippen molar-refractivity contribution in [3.63, 3.8) is 0 Å². The zero-order valence-electron chi connectivity index (χ0n) is 12.5. The lowest BCUT2D eigenvalue weighted by molar-refractivity contribution is -0.928. The van der Waals surface area contributed by atoms with E-state index in [0.717, 1.165) is 49.9 Å². The first-order chi connectivity index (χ1) is 8.31. The van der Waals surface area contributed by atoms with Gasteiger partial charge in [0.1, 0.15) is 0 Å². The number of nitrogens with zero attached hydrogens (tertiary/aromatic N) is 1. The molecular weight excluding hydrogens is 230 g/mol. The van der Waals surface area contributed by atoms with Crippen LogP contribution in [-0.2, 0) is 0 Å². The summed E-state index contributed by atoms with van der Waals surface area (Å²) in [5.74, 6) is 0. The van der Waals surface area contributed by atoms with E-state index in [9.17, 15) is 15.3 Å². The Balaban J connectivity index is 4.49. The molecule has 0 aliphatic carbocycles. The Morgan fingerprint density at radius 2 is 1.00 bits per heavy atom. The zero-order valence-corrected chi connectivity index (χ0v) is 12.5. The molecule has 18 heavy (non-hydrogen) atoms. The monoisotopic (exact) mass is 262 g/mol. The molecular formula is C14H32NO3+. The van der Waals surface area contributed by atoms with Gasteiger partial charge in [0.15, 0.2) is 0 Å². The Hall–Kier alpha value is -0.160. The Labute approximate surface area is 112 Å². The van der Waals surface area contributed by atoms with Gasteiger partial charge in [0.2, 0.25) is 0 Å². The number of hydrogen-bond donors (Lipinski definition) is 3. The van der Waals surface area contributed by atoms with Crippen LogP contribution < -0.4 is 0 Å². The third-order valence-electron chi connectivity index (χ3n) is 3.73. The van der Waals surface area contributed by atoms with Crippen LogP contribution in [0.3, 0.4) is 0 Å². The van der Waals surface area contributed by atoms with Gasteiger partial charge in [0.05, 0.1) is 44.5 Å². The number of aliphatic hydroxyl groups excluding tert-OH is 3. The molecule has 3 atom stereocenters. The summed E-state index contributed by atoms with van der Waals surface area (Å²) in [6.07, 6.45) is 1.46. The number of quaternary nitrogens is 1. The molecule has 3 N–H and O–H groups in total. The van der Waals surface area contributed by atoms with Crippen molar-refractivity contribution >= 4 is 0 Å². The molecule has 4 heteroatoms. The standard InChI is InChI=1S/C14H32NO3/c1-5-15(9-6-12(2)16,10-7-13(3)17)11-8-14(4)18/h12-14,16-18H,5-11H2,1-4H3/q+1. The molecule has 0 aliphatic rings. The van der Waals surface area contributed by atoms with Crippen molar-refractivity contribution in [2.75, 3.05) is 26.2 Å². The summed E-state index contributed by atoms with van der Waals surface area (Å²) in [5.41, 5.74) is 0. The fourth-order valence-electron chi connectivity index (χ4n) is 2.19. The van der Waals surface area contributed by atoms with Crippen LogP contribution in [0.5, 0.6) is 0 Å². The minimum Gasteiger partial charge on any atom is -0.393 e. The maximum Gasteiger partial charge on any atom is 0.0811 e. The molecule has 0 fully saturated rings. The van der Waals surface area contributed by atoms with Crippen molar-refractivity contribution in [2.45, 2.75) is 65.3 Å². The molecule has 0 saturated heterocycles. The molecule has 0 aromatic rings. The van der Waals surface area contributed by atoms with Crippen LogP contribution >= 0.6 is 0 Å². The van der Waals surface area contributed by atoms with E-state index >= 15 is 0 Å². The van der Waals surface area contributed by atoms with Crippen molar-refractivity contribution in [3.8, 4) is 0 Å². The predicted molar refractivity (Wildman–Crippen MR) is 74.3 cm³/mol. The molecule has 110 valence electrons. The molecule has 0 amide bonds. The third-order valence-corrected chi connectivity index (χ3v) is 3.73. The molecule has 3 unspecified atom stereocenters. The smallest absolute Gasteiger partial charge is 0.0811 e. The average molecular weight is 262 g/mol. The number of rotatable bonds is 10. The third kappa shape index (κ3) is 8.03. The van der Waals surface area contributed by atoms with E-state index in [1.807, 2.05) is 20.8 Å². The lowest BCUT2D eigenvalue weighted by atomic mass is 10.1. The highest BCUT2D eigenvalue weighted by molar-refractivity contribution is 4.55. The summed E-state index contributed by atoms with van der Waals surface area (Å²) in [4.78, 5) is 0. The van der Waals surface area contributed by atoms with E-state index in [4.69, 9.17) is 0 Å². The van der Waals surface area contributed by atoms with Gasteiger partial charge < -0.3 is 19.8 Å². The van der Waals surface area contributed by atoms with Gasteiger partial charge in [-0.15, -0.1) is 0 Å². The van der Waals surface area contributed by atoms with Gasteiger partial charge in [-0.3, -0.25) is 0 Å². The first-order valence-corrected chi connectivity index (χ1v) is 7.20. The van der Waals surface area contributed by atoms with E-state index in [-0.39, 0.29) is 18.3 Å². The normalized spacial score (nSPS) is 20.2. The first-order valence-electron chi connectivity index (χ1n) is 7.20. The Morgan fingerprint density at radius 1 is 0.722 bits per heavy atom. The highest BCUT2D eigenvalue weighted by Crippen LogP contribution is 2.14. The van der Waals surface area contributed by atoms with Crippen LogP contribution in [0.2, 0.25) is 0 Å². The quantitative estimate of drug-likeness (QED) is 0.517. The maximum atomic E-state index is 9.46. The second-order valence-electron chi connectivity index (χ2n) is 5.74. The van der Waals surface area contributed by atoms with E-state index in [0.29, 0.717) is 0 Å². The fraction of sp³-hybridized carbons (Fsp3) is 1.00. The van der Waals surface area contributed by atoms with Gasteiger partial charge in [-0.1, -0.05) is 0 Å². The van der Waals surface area contributed by atoms with Crippen LogP contribution in [0.4, 0.5) is 0 Å². The van der Waals surface area contributed by atoms with Crippen LogP contribution in [0.15, 0.2) is 0 Å². The van der Waals surface area contributed by atoms with E-state index in [1.165, 1.54) is 0 Å². The second kappa shape index (κ2) is 8.86. The van der Waals surface area contributed by atoms with E-state index < -0.39 is 0 Å². The van der Waals surface area contributed by atoms with Gasteiger partial charge in [-0.05, 0) is 27.7 Å². The highest BCUT2D eigenvalue weighted by Gasteiger charge is 2.26. The van der Waals surface area contributed by atoms with Gasteiger partial charge in [0.25, 0.3) is 0 Å². The van der Waals surface area contributed by atoms with Crippen LogP contribution in [0, 0.1) is 0 Å². The van der Waals surface area contributed by atoms with Crippen LogP contribution in [0.1, 0.15) is 47.0 Å². The summed E-state index contributed by atoms with van der Waals surface area (Å²) < 4.78 is 0.876. The molecule has 0 bridgehead atoms. The van der Waals surface area contributed by atoms with Crippen molar-refractivity contribution < 1.29 is 19.8 Å². The molecule has 0 spiro atoms. The first kappa shape index (κ1) is 17.8. The van der Waals surface area contributed by atoms with Gasteiger partial charge in [-0.2, -0.15) is 0 Å². The summed E-state index contributed by atoms with van der Waals surface area (Å²) in [7, 11) is 0. The molecule has 4 nitrogen and oxygen atoms in total. The van der Waals surface area contributed by atoms with Gasteiger partial charge in [-0.25, -0.2) is 0 Å². The van der Waals surface area contributed by atoms with E-state index in [1.54, 1.807) is 0 Å². The number of aliphatic hydroxyl groups is 3. The maximum absolute atomic E-state index is 9.46. The van der Waals surface area contributed by atoms with Crippen LogP contribution in [-0.4, -0.2) is 64.3 Å². The largest absolute Gasteiger partial charge is 0.393 e. The van der Waals surface area contributed by atoms with Crippen molar-refractivity contribution in [2.24, 2.45) is 0 Å². The van der Waals surface area contributed by atoms with Crippen LogP contribution in [0.25, 0.3) is 0 Å². The molecule has 0 aromatic heterocycles. The average Bonchev–Trinajstić information content (AvgIpc) is 2.28. The molecule has 0 saturated carbocycles. The highest BCUT2D eigenvalue weighted by atomic mass is 16.3. The molecule has 0 heterocycles. The summed E-state index contributed by atoms with van der Waals surface area (Å²) in [6.45, 7) is 11.3. The van der Waals surface area contributed by atoms with Crippen molar-refractivity contribution in [3.05, 3.63) is 0 Å². The molecule has 0 aromatic carbocycles. The minimum absolute atomic E-state index is 0.285. The van der Waals surface area contributed by atoms with Gasteiger partial charge >= 0.3 is 0 Å².